The van der Waals surface area contributed by atoms with Gasteiger partial charge in [0, 0.05) is 19.6 Å². The summed E-state index contributed by atoms with van der Waals surface area (Å²) in [5, 5.41) is 12.6. The molecular formula is C20H25N5O. The molecule has 26 heavy (non-hydrogen) atoms. The lowest BCUT2D eigenvalue weighted by Crippen LogP contribution is -2.34. The maximum Gasteiger partial charge on any atom is 0.243 e. The molecule has 0 saturated carbocycles. The summed E-state index contributed by atoms with van der Waals surface area (Å²) in [5.74, 6) is -0.551. The molecule has 1 saturated heterocycles. The number of fused-ring (bicyclic) bond motifs is 1. The van der Waals surface area contributed by atoms with Crippen molar-refractivity contribution < 1.29 is 4.79 Å². The normalized spacial score (nSPS) is 15.5. The number of unbranched alkanes of at least 4 members (excludes halogenated alkanes) is 1. The SMILES string of the molecule is CCCCNC(=O)[C@@H](C#N)c1nc2ccccc2nc1N1CCCCC1. The topological polar surface area (TPSA) is 81.9 Å². The number of para-hydroxylation sites is 2. The van der Waals surface area contributed by atoms with E-state index in [0.29, 0.717) is 23.6 Å². The van der Waals surface area contributed by atoms with Crippen molar-refractivity contribution in [3.63, 3.8) is 0 Å². The number of aromatic nitrogens is 2. The van der Waals surface area contributed by atoms with Crippen molar-refractivity contribution >= 4 is 22.8 Å². The standard InChI is InChI=1S/C20H25N5O/c1-2-3-11-22-20(26)15(14-21)18-19(25-12-7-4-8-13-25)24-17-10-6-5-9-16(17)23-18/h5-6,9-10,15H,2-4,7-8,11-13H2,1H3,(H,22,26)/t15-/m0/s1. The second-order valence-corrected chi connectivity index (χ2v) is 6.68. The van der Waals surface area contributed by atoms with Gasteiger partial charge in [0.05, 0.1) is 17.1 Å². The lowest BCUT2D eigenvalue weighted by molar-refractivity contribution is -0.121. The van der Waals surface area contributed by atoms with Crippen LogP contribution in [0.3, 0.4) is 0 Å². The Balaban J connectivity index is 2.00. The maximum atomic E-state index is 12.6. The van der Waals surface area contributed by atoms with Crippen LogP contribution in [0.1, 0.15) is 50.6 Å². The molecule has 6 nitrogen and oxygen atoms in total. The largest absolute Gasteiger partial charge is 0.355 e. The second-order valence-electron chi connectivity index (χ2n) is 6.68. The third-order valence-corrected chi connectivity index (χ3v) is 4.73. The molecule has 0 spiro atoms. The van der Waals surface area contributed by atoms with Crippen molar-refractivity contribution in [1.29, 1.82) is 5.26 Å². The van der Waals surface area contributed by atoms with E-state index in [1.807, 2.05) is 24.3 Å². The number of hydrogen-bond donors (Lipinski definition) is 1. The van der Waals surface area contributed by atoms with Crippen molar-refractivity contribution in [3.05, 3.63) is 30.0 Å². The molecule has 1 N–H and O–H groups in total. The van der Waals surface area contributed by atoms with Gasteiger partial charge in [-0.3, -0.25) is 4.79 Å². The number of carbonyl (C=O) groups is 1. The highest BCUT2D eigenvalue weighted by molar-refractivity contribution is 5.88. The number of nitriles is 1. The molecule has 1 aromatic heterocycles. The fourth-order valence-electron chi connectivity index (χ4n) is 3.27. The van der Waals surface area contributed by atoms with Gasteiger partial charge in [-0.25, -0.2) is 9.97 Å². The van der Waals surface area contributed by atoms with Crippen LogP contribution in [0, 0.1) is 11.3 Å². The quantitative estimate of drug-likeness (QED) is 0.809. The lowest BCUT2D eigenvalue weighted by atomic mass is 10.0. The van der Waals surface area contributed by atoms with Crippen molar-refractivity contribution in [3.8, 4) is 6.07 Å². The summed E-state index contributed by atoms with van der Waals surface area (Å²) in [6.45, 7) is 4.41. The van der Waals surface area contributed by atoms with Crippen molar-refractivity contribution in [1.82, 2.24) is 15.3 Å². The van der Waals surface area contributed by atoms with Crippen molar-refractivity contribution in [2.24, 2.45) is 0 Å². The number of hydrogen-bond acceptors (Lipinski definition) is 5. The molecule has 1 aromatic carbocycles. The average Bonchev–Trinajstić information content (AvgIpc) is 2.69. The Morgan fingerprint density at radius 3 is 2.58 bits per heavy atom. The molecule has 3 rings (SSSR count). The highest BCUT2D eigenvalue weighted by Gasteiger charge is 2.29. The molecule has 1 aliphatic heterocycles. The zero-order chi connectivity index (χ0) is 18.4. The zero-order valence-corrected chi connectivity index (χ0v) is 15.2. The Bertz CT molecular complexity index is 807. The molecule has 0 radical (unpaired) electrons. The molecule has 1 atom stereocenters. The first-order valence-corrected chi connectivity index (χ1v) is 9.43. The van der Waals surface area contributed by atoms with E-state index in [1.165, 1.54) is 6.42 Å². The first-order chi connectivity index (χ1) is 12.7. The van der Waals surface area contributed by atoms with Crippen LogP contribution in [0.15, 0.2) is 24.3 Å². The molecule has 6 heteroatoms. The van der Waals surface area contributed by atoms with Crippen LogP contribution in [0.2, 0.25) is 0 Å². The third kappa shape index (κ3) is 3.93. The number of nitrogens with zero attached hydrogens (tertiary/aromatic N) is 4. The molecule has 1 amide bonds. The fourth-order valence-corrected chi connectivity index (χ4v) is 3.27. The van der Waals surface area contributed by atoms with E-state index in [4.69, 9.17) is 4.98 Å². The van der Waals surface area contributed by atoms with Gasteiger partial charge >= 0.3 is 0 Å². The van der Waals surface area contributed by atoms with Gasteiger partial charge in [-0.15, -0.1) is 0 Å². The second kappa shape index (κ2) is 8.61. The number of benzene rings is 1. The van der Waals surface area contributed by atoms with Crippen LogP contribution in [0.4, 0.5) is 5.82 Å². The minimum Gasteiger partial charge on any atom is -0.355 e. The molecule has 136 valence electrons. The van der Waals surface area contributed by atoms with Gasteiger partial charge in [-0.1, -0.05) is 25.5 Å². The molecule has 0 unspecified atom stereocenters. The fraction of sp³-hybridized carbons (Fsp3) is 0.500. The summed E-state index contributed by atoms with van der Waals surface area (Å²) >= 11 is 0. The summed E-state index contributed by atoms with van der Waals surface area (Å²) in [4.78, 5) is 24.2. The molecule has 2 heterocycles. The van der Waals surface area contributed by atoms with E-state index in [2.05, 4.69) is 28.2 Å². The summed E-state index contributed by atoms with van der Waals surface area (Å²) in [7, 11) is 0. The van der Waals surface area contributed by atoms with Gasteiger partial charge in [0.25, 0.3) is 0 Å². The molecule has 0 aliphatic carbocycles. The van der Waals surface area contributed by atoms with E-state index in [1.54, 1.807) is 0 Å². The van der Waals surface area contributed by atoms with Gasteiger partial charge in [-0.05, 0) is 37.8 Å². The zero-order valence-electron chi connectivity index (χ0n) is 15.2. The Morgan fingerprint density at radius 1 is 1.23 bits per heavy atom. The number of nitrogens with one attached hydrogen (secondary N) is 1. The monoisotopic (exact) mass is 351 g/mol. The first-order valence-electron chi connectivity index (χ1n) is 9.43. The number of anilines is 1. The minimum absolute atomic E-state index is 0.288. The minimum atomic E-state index is -0.944. The van der Waals surface area contributed by atoms with Crippen molar-refractivity contribution in [2.75, 3.05) is 24.5 Å². The number of carbonyl (C=O) groups excluding carboxylic acids is 1. The van der Waals surface area contributed by atoms with Gasteiger partial charge in [0.1, 0.15) is 5.69 Å². The Labute approximate surface area is 154 Å². The molecule has 0 bridgehead atoms. The third-order valence-electron chi connectivity index (χ3n) is 4.73. The van der Waals surface area contributed by atoms with Gasteiger partial charge < -0.3 is 10.2 Å². The van der Waals surface area contributed by atoms with E-state index >= 15 is 0 Å². The van der Waals surface area contributed by atoms with Crippen LogP contribution in [-0.2, 0) is 4.79 Å². The highest BCUT2D eigenvalue weighted by Crippen LogP contribution is 2.29. The predicted octanol–water partition coefficient (Wildman–Crippen LogP) is 3.14. The van der Waals surface area contributed by atoms with Crippen LogP contribution in [-0.4, -0.2) is 35.5 Å². The maximum absolute atomic E-state index is 12.6. The number of rotatable bonds is 6. The van der Waals surface area contributed by atoms with Crippen LogP contribution < -0.4 is 10.2 Å². The van der Waals surface area contributed by atoms with Crippen molar-refractivity contribution in [2.45, 2.75) is 44.9 Å². The van der Waals surface area contributed by atoms with Gasteiger partial charge in [0.15, 0.2) is 11.7 Å². The molecular weight excluding hydrogens is 326 g/mol. The van der Waals surface area contributed by atoms with E-state index in [0.717, 1.165) is 44.3 Å². The number of piperidine rings is 1. The van der Waals surface area contributed by atoms with Gasteiger partial charge in [-0.2, -0.15) is 5.26 Å². The Hall–Kier alpha value is -2.68. The summed E-state index contributed by atoms with van der Waals surface area (Å²) in [6.07, 6.45) is 5.27. The first kappa shape index (κ1) is 18.1. The molecule has 1 fully saturated rings. The Kier molecular flexibility index (Phi) is 6.00. The smallest absolute Gasteiger partial charge is 0.243 e. The van der Waals surface area contributed by atoms with E-state index in [9.17, 15) is 10.1 Å². The predicted molar refractivity (Wildman–Crippen MR) is 102 cm³/mol. The van der Waals surface area contributed by atoms with Crippen LogP contribution in [0.5, 0.6) is 0 Å². The summed E-state index contributed by atoms with van der Waals surface area (Å²) in [5.41, 5.74) is 1.98. The average molecular weight is 351 g/mol. The summed E-state index contributed by atoms with van der Waals surface area (Å²) < 4.78 is 0. The Morgan fingerprint density at radius 2 is 1.92 bits per heavy atom. The molecule has 2 aromatic rings. The van der Waals surface area contributed by atoms with Gasteiger partial charge in [0.2, 0.25) is 5.91 Å². The lowest BCUT2D eigenvalue weighted by Gasteiger charge is -2.29. The summed E-state index contributed by atoms with van der Waals surface area (Å²) in [6, 6.07) is 9.76. The van der Waals surface area contributed by atoms with Crippen LogP contribution in [0.25, 0.3) is 11.0 Å². The van der Waals surface area contributed by atoms with Crippen LogP contribution >= 0.6 is 0 Å². The van der Waals surface area contributed by atoms with E-state index < -0.39 is 5.92 Å². The van der Waals surface area contributed by atoms with E-state index in [-0.39, 0.29) is 5.91 Å². The number of amides is 1. The highest BCUT2D eigenvalue weighted by atomic mass is 16.1. The molecule has 1 aliphatic rings.